The minimum absolute atomic E-state index is 0.520. The topological polar surface area (TPSA) is 12.0 Å². The Morgan fingerprint density at radius 2 is 1.80 bits per heavy atom. The van der Waals surface area contributed by atoms with Crippen LogP contribution in [0.1, 0.15) is 51.6 Å². The molecule has 1 aromatic rings. The summed E-state index contributed by atoms with van der Waals surface area (Å²) in [5.41, 5.74) is 1.42. The monoisotopic (exact) mass is 205 g/mol. The van der Waals surface area contributed by atoms with Crippen LogP contribution in [0.3, 0.4) is 0 Å². The molecule has 84 valence electrons. The molecule has 0 saturated heterocycles. The maximum atomic E-state index is 3.68. The minimum Gasteiger partial charge on any atom is -0.307 e. The zero-order chi connectivity index (χ0) is 11.1. The minimum atomic E-state index is 0.520. The van der Waals surface area contributed by atoms with Crippen molar-refractivity contribution in [1.29, 1.82) is 0 Å². The Hall–Kier alpha value is -0.820. The van der Waals surface area contributed by atoms with Crippen molar-refractivity contribution < 1.29 is 0 Å². The fourth-order valence-electron chi connectivity index (χ4n) is 1.78. The molecule has 0 saturated carbocycles. The van der Waals surface area contributed by atoms with E-state index in [1.807, 2.05) is 0 Å². The van der Waals surface area contributed by atoms with Gasteiger partial charge in [0.1, 0.15) is 0 Å². The molecule has 0 amide bonds. The summed E-state index contributed by atoms with van der Waals surface area (Å²) in [7, 11) is 0. The van der Waals surface area contributed by atoms with Gasteiger partial charge in [0.2, 0.25) is 0 Å². The van der Waals surface area contributed by atoms with E-state index in [2.05, 4.69) is 56.4 Å². The standard InChI is InChI=1S/C14H23N/c1-4-9-14(15-12(3)5-2)13-10-7-6-8-11-13/h6-8,10-12,14-15H,4-5,9H2,1-3H3/t12-,14+/m1/s1. The lowest BCUT2D eigenvalue weighted by molar-refractivity contribution is 0.423. The van der Waals surface area contributed by atoms with E-state index in [1.165, 1.54) is 24.8 Å². The summed E-state index contributed by atoms with van der Waals surface area (Å²) in [5, 5.41) is 3.68. The van der Waals surface area contributed by atoms with Gasteiger partial charge in [-0.3, -0.25) is 0 Å². The van der Waals surface area contributed by atoms with Crippen molar-refractivity contribution in [3.05, 3.63) is 35.9 Å². The van der Waals surface area contributed by atoms with E-state index >= 15 is 0 Å². The predicted molar refractivity (Wildman–Crippen MR) is 67.0 cm³/mol. The summed E-state index contributed by atoms with van der Waals surface area (Å²) < 4.78 is 0. The number of hydrogen-bond donors (Lipinski definition) is 1. The Morgan fingerprint density at radius 1 is 1.13 bits per heavy atom. The third-order valence-electron chi connectivity index (χ3n) is 2.88. The SMILES string of the molecule is CCC[C@H](N[C@H](C)CC)c1ccccc1. The van der Waals surface area contributed by atoms with E-state index < -0.39 is 0 Å². The molecule has 0 bridgehead atoms. The first-order valence-corrected chi connectivity index (χ1v) is 6.08. The van der Waals surface area contributed by atoms with Gasteiger partial charge in [-0.1, -0.05) is 50.6 Å². The molecule has 0 fully saturated rings. The van der Waals surface area contributed by atoms with Gasteiger partial charge in [0.15, 0.2) is 0 Å². The third kappa shape index (κ3) is 4.05. The van der Waals surface area contributed by atoms with Crippen LogP contribution in [-0.2, 0) is 0 Å². The van der Waals surface area contributed by atoms with E-state index in [1.54, 1.807) is 0 Å². The van der Waals surface area contributed by atoms with Crippen molar-refractivity contribution in [3.63, 3.8) is 0 Å². The van der Waals surface area contributed by atoms with Gasteiger partial charge in [-0.2, -0.15) is 0 Å². The first-order chi connectivity index (χ1) is 7.27. The molecule has 0 aliphatic carbocycles. The average Bonchev–Trinajstić information content (AvgIpc) is 2.29. The Labute approximate surface area is 93.9 Å². The van der Waals surface area contributed by atoms with E-state index in [9.17, 15) is 0 Å². The Bertz CT molecular complexity index is 255. The predicted octanol–water partition coefficient (Wildman–Crippen LogP) is 3.92. The average molecular weight is 205 g/mol. The summed E-state index contributed by atoms with van der Waals surface area (Å²) in [4.78, 5) is 0. The van der Waals surface area contributed by atoms with Gasteiger partial charge in [-0.05, 0) is 25.3 Å². The maximum absolute atomic E-state index is 3.68. The quantitative estimate of drug-likeness (QED) is 0.742. The molecule has 0 aliphatic rings. The number of benzene rings is 1. The highest BCUT2D eigenvalue weighted by atomic mass is 14.9. The largest absolute Gasteiger partial charge is 0.307 e. The van der Waals surface area contributed by atoms with Crippen LogP contribution in [-0.4, -0.2) is 6.04 Å². The fraction of sp³-hybridized carbons (Fsp3) is 0.571. The van der Waals surface area contributed by atoms with Crippen LogP contribution in [0.5, 0.6) is 0 Å². The highest BCUT2D eigenvalue weighted by Crippen LogP contribution is 2.19. The molecule has 1 rings (SSSR count). The van der Waals surface area contributed by atoms with Crippen LogP contribution in [0, 0.1) is 0 Å². The van der Waals surface area contributed by atoms with Crippen molar-refractivity contribution in [2.24, 2.45) is 0 Å². The van der Waals surface area contributed by atoms with Crippen LogP contribution in [0.15, 0.2) is 30.3 Å². The molecule has 1 aromatic carbocycles. The molecule has 0 radical (unpaired) electrons. The summed E-state index contributed by atoms with van der Waals surface area (Å²) in [6, 6.07) is 11.9. The van der Waals surface area contributed by atoms with Crippen molar-refractivity contribution in [2.75, 3.05) is 0 Å². The lowest BCUT2D eigenvalue weighted by Crippen LogP contribution is -2.29. The smallest absolute Gasteiger partial charge is 0.0322 e. The molecule has 15 heavy (non-hydrogen) atoms. The van der Waals surface area contributed by atoms with E-state index in [-0.39, 0.29) is 0 Å². The summed E-state index contributed by atoms with van der Waals surface area (Å²) in [6.07, 6.45) is 3.63. The first-order valence-electron chi connectivity index (χ1n) is 6.08. The second kappa shape index (κ2) is 6.62. The van der Waals surface area contributed by atoms with Crippen LogP contribution in [0.2, 0.25) is 0 Å². The highest BCUT2D eigenvalue weighted by molar-refractivity contribution is 5.18. The first kappa shape index (κ1) is 12.3. The van der Waals surface area contributed by atoms with E-state index in [4.69, 9.17) is 0 Å². The molecule has 1 heteroatoms. The van der Waals surface area contributed by atoms with Crippen molar-refractivity contribution in [2.45, 2.75) is 52.1 Å². The summed E-state index contributed by atoms with van der Waals surface area (Å²) in [5.74, 6) is 0. The van der Waals surface area contributed by atoms with E-state index in [0.29, 0.717) is 12.1 Å². The van der Waals surface area contributed by atoms with E-state index in [0.717, 1.165) is 0 Å². The van der Waals surface area contributed by atoms with Crippen molar-refractivity contribution in [1.82, 2.24) is 5.32 Å². The zero-order valence-corrected chi connectivity index (χ0v) is 10.2. The molecule has 0 heterocycles. The molecule has 0 spiro atoms. The van der Waals surface area contributed by atoms with Gasteiger partial charge in [0, 0.05) is 12.1 Å². The molecule has 0 aliphatic heterocycles. The van der Waals surface area contributed by atoms with Crippen LogP contribution in [0.4, 0.5) is 0 Å². The second-order valence-electron chi connectivity index (χ2n) is 4.23. The Morgan fingerprint density at radius 3 is 2.33 bits per heavy atom. The molecule has 2 atom stereocenters. The third-order valence-corrected chi connectivity index (χ3v) is 2.88. The normalized spacial score (nSPS) is 14.9. The number of rotatable bonds is 6. The van der Waals surface area contributed by atoms with Crippen LogP contribution >= 0.6 is 0 Å². The molecule has 1 nitrogen and oxygen atoms in total. The fourth-order valence-corrected chi connectivity index (χ4v) is 1.78. The lowest BCUT2D eigenvalue weighted by atomic mass is 10.0. The van der Waals surface area contributed by atoms with Gasteiger partial charge in [-0.25, -0.2) is 0 Å². The second-order valence-corrected chi connectivity index (χ2v) is 4.23. The molecule has 0 aromatic heterocycles. The Kier molecular flexibility index (Phi) is 5.41. The lowest BCUT2D eigenvalue weighted by Gasteiger charge is -2.22. The van der Waals surface area contributed by atoms with Gasteiger partial charge in [0.05, 0.1) is 0 Å². The maximum Gasteiger partial charge on any atom is 0.0322 e. The van der Waals surface area contributed by atoms with Gasteiger partial charge < -0.3 is 5.32 Å². The summed E-state index contributed by atoms with van der Waals surface area (Å²) in [6.45, 7) is 6.73. The summed E-state index contributed by atoms with van der Waals surface area (Å²) >= 11 is 0. The van der Waals surface area contributed by atoms with Gasteiger partial charge >= 0.3 is 0 Å². The van der Waals surface area contributed by atoms with Gasteiger partial charge in [0.25, 0.3) is 0 Å². The molecular weight excluding hydrogens is 182 g/mol. The van der Waals surface area contributed by atoms with Crippen LogP contribution < -0.4 is 5.32 Å². The zero-order valence-electron chi connectivity index (χ0n) is 10.2. The highest BCUT2D eigenvalue weighted by Gasteiger charge is 2.11. The van der Waals surface area contributed by atoms with Crippen LogP contribution in [0.25, 0.3) is 0 Å². The van der Waals surface area contributed by atoms with Gasteiger partial charge in [-0.15, -0.1) is 0 Å². The number of nitrogens with one attached hydrogen (secondary N) is 1. The molecule has 0 unspecified atom stereocenters. The van der Waals surface area contributed by atoms with Crippen molar-refractivity contribution >= 4 is 0 Å². The molecular formula is C14H23N. The number of hydrogen-bond acceptors (Lipinski definition) is 1. The molecule has 1 N–H and O–H groups in total. The Balaban J connectivity index is 2.65. The van der Waals surface area contributed by atoms with Crippen molar-refractivity contribution in [3.8, 4) is 0 Å².